The molecule has 0 radical (unpaired) electrons. The topological polar surface area (TPSA) is 0 Å². The second kappa shape index (κ2) is 3.57. The highest BCUT2D eigenvalue weighted by atomic mass is 14.5. The number of hydrogen-bond acceptors (Lipinski definition) is 0. The van der Waals surface area contributed by atoms with Gasteiger partial charge in [0.1, 0.15) is 0 Å². The molecule has 0 N–H and O–H groups in total. The number of fused-ring (bicyclic) bond motifs is 5. The molecule has 0 nitrogen and oxygen atoms in total. The molecule has 0 heteroatoms. The first-order chi connectivity index (χ1) is 10.2. The van der Waals surface area contributed by atoms with Crippen molar-refractivity contribution in [1.29, 1.82) is 0 Å². The van der Waals surface area contributed by atoms with Gasteiger partial charge in [-0.15, -0.1) is 0 Å². The van der Waals surface area contributed by atoms with Crippen LogP contribution in [0.2, 0.25) is 0 Å². The van der Waals surface area contributed by atoms with Gasteiger partial charge in [0.25, 0.3) is 0 Å². The molecule has 0 atom stereocenters. The van der Waals surface area contributed by atoms with Gasteiger partial charge < -0.3 is 0 Å². The van der Waals surface area contributed by atoms with Crippen LogP contribution in [0.15, 0.2) is 59.7 Å². The number of rotatable bonds is 0. The van der Waals surface area contributed by atoms with E-state index in [9.17, 15) is 0 Å². The first-order valence-electron chi connectivity index (χ1n) is 7.82. The van der Waals surface area contributed by atoms with Crippen molar-refractivity contribution in [3.05, 3.63) is 81.9 Å². The highest BCUT2D eigenvalue weighted by Gasteiger charge is 2.46. The van der Waals surface area contributed by atoms with Crippen molar-refractivity contribution >= 4 is 11.1 Å². The van der Waals surface area contributed by atoms with Crippen LogP contribution in [0.3, 0.4) is 0 Å². The van der Waals surface area contributed by atoms with E-state index < -0.39 is 0 Å². The SMILES string of the molecule is CC1(C)C2=C(Cc3ccccc32)C2=C1c1ccccc1C2. The Labute approximate surface area is 125 Å². The monoisotopic (exact) mass is 270 g/mol. The van der Waals surface area contributed by atoms with Gasteiger partial charge in [0.15, 0.2) is 0 Å². The summed E-state index contributed by atoms with van der Waals surface area (Å²) in [6, 6.07) is 17.9. The summed E-state index contributed by atoms with van der Waals surface area (Å²) < 4.78 is 0. The first kappa shape index (κ1) is 11.6. The smallest absolute Gasteiger partial charge is 0.0164 e. The Kier molecular flexibility index (Phi) is 1.96. The molecule has 0 bridgehead atoms. The lowest BCUT2D eigenvalue weighted by Gasteiger charge is -2.27. The van der Waals surface area contributed by atoms with Gasteiger partial charge in [-0.1, -0.05) is 62.4 Å². The summed E-state index contributed by atoms with van der Waals surface area (Å²) in [4.78, 5) is 0. The lowest BCUT2D eigenvalue weighted by molar-refractivity contribution is 0.682. The molecule has 21 heavy (non-hydrogen) atoms. The molecule has 102 valence electrons. The molecule has 3 aliphatic rings. The molecule has 0 saturated heterocycles. The number of benzene rings is 2. The summed E-state index contributed by atoms with van der Waals surface area (Å²) in [5.41, 5.74) is 12.6. The van der Waals surface area contributed by atoms with Crippen LogP contribution < -0.4 is 0 Å². The third kappa shape index (κ3) is 1.26. The Morgan fingerprint density at radius 3 is 1.57 bits per heavy atom. The van der Waals surface area contributed by atoms with Crippen LogP contribution in [0.5, 0.6) is 0 Å². The number of allylic oxidation sites excluding steroid dienone is 4. The minimum Gasteiger partial charge on any atom is -0.0619 e. The van der Waals surface area contributed by atoms with Gasteiger partial charge in [0.05, 0.1) is 0 Å². The van der Waals surface area contributed by atoms with Crippen LogP contribution in [-0.4, -0.2) is 0 Å². The molecule has 2 aromatic carbocycles. The van der Waals surface area contributed by atoms with Crippen molar-refractivity contribution in [1.82, 2.24) is 0 Å². The fraction of sp³-hybridized carbons (Fsp3) is 0.238. The lowest BCUT2D eigenvalue weighted by atomic mass is 9.75. The fourth-order valence-corrected chi connectivity index (χ4v) is 4.79. The van der Waals surface area contributed by atoms with Gasteiger partial charge in [-0.2, -0.15) is 0 Å². The van der Waals surface area contributed by atoms with Crippen LogP contribution in [0, 0.1) is 5.41 Å². The van der Waals surface area contributed by atoms with E-state index in [2.05, 4.69) is 62.4 Å². The average Bonchev–Trinajstić information content (AvgIpc) is 3.10. The average molecular weight is 270 g/mol. The summed E-state index contributed by atoms with van der Waals surface area (Å²) in [5.74, 6) is 0. The maximum Gasteiger partial charge on any atom is 0.0164 e. The van der Waals surface area contributed by atoms with Gasteiger partial charge in [-0.3, -0.25) is 0 Å². The van der Waals surface area contributed by atoms with Gasteiger partial charge >= 0.3 is 0 Å². The zero-order valence-electron chi connectivity index (χ0n) is 12.5. The van der Waals surface area contributed by atoms with Gasteiger partial charge in [0.2, 0.25) is 0 Å². The van der Waals surface area contributed by atoms with E-state index in [1.54, 1.807) is 22.3 Å². The van der Waals surface area contributed by atoms with E-state index in [1.807, 2.05) is 0 Å². The Morgan fingerprint density at radius 2 is 1.10 bits per heavy atom. The Hall–Kier alpha value is -2.08. The molecule has 0 unspecified atom stereocenters. The Bertz CT molecular complexity index is 788. The quantitative estimate of drug-likeness (QED) is 0.628. The number of hydrogen-bond donors (Lipinski definition) is 0. The van der Waals surface area contributed by atoms with Crippen LogP contribution in [0.25, 0.3) is 11.1 Å². The maximum atomic E-state index is 2.41. The van der Waals surface area contributed by atoms with E-state index in [-0.39, 0.29) is 5.41 Å². The molecular formula is C21H18. The Balaban J connectivity index is 1.76. The third-order valence-electron chi connectivity index (χ3n) is 5.53. The minimum atomic E-state index is 0.143. The summed E-state index contributed by atoms with van der Waals surface area (Å²) in [5, 5.41) is 0. The molecule has 0 spiro atoms. The summed E-state index contributed by atoms with van der Waals surface area (Å²) >= 11 is 0. The molecule has 2 aromatic rings. The second-order valence-corrected chi connectivity index (χ2v) is 7.00. The van der Waals surface area contributed by atoms with Crippen molar-refractivity contribution in [2.24, 2.45) is 5.41 Å². The molecule has 0 fully saturated rings. The molecule has 3 aliphatic carbocycles. The largest absolute Gasteiger partial charge is 0.0619 e. The highest BCUT2D eigenvalue weighted by Crippen LogP contribution is 2.62. The summed E-state index contributed by atoms with van der Waals surface area (Å²) in [6.45, 7) is 4.82. The molecule has 0 amide bonds. The highest BCUT2D eigenvalue weighted by molar-refractivity contribution is 6.02. The van der Waals surface area contributed by atoms with Gasteiger partial charge in [-0.05, 0) is 57.4 Å². The van der Waals surface area contributed by atoms with Crippen molar-refractivity contribution in [3.63, 3.8) is 0 Å². The maximum absolute atomic E-state index is 2.41. The van der Waals surface area contributed by atoms with Gasteiger partial charge in [-0.25, -0.2) is 0 Å². The van der Waals surface area contributed by atoms with Crippen LogP contribution in [0.1, 0.15) is 36.1 Å². The van der Waals surface area contributed by atoms with E-state index in [0.717, 1.165) is 12.8 Å². The van der Waals surface area contributed by atoms with E-state index >= 15 is 0 Å². The van der Waals surface area contributed by atoms with E-state index in [0.29, 0.717) is 0 Å². The standard InChI is InChI=1S/C21H18/c1-21(2)19-15-9-5-3-7-13(15)11-17(19)18-12-14-8-4-6-10-16(14)20(18)21/h3-10H,11-12H2,1-2H3. The van der Waals surface area contributed by atoms with Crippen LogP contribution >= 0.6 is 0 Å². The van der Waals surface area contributed by atoms with Crippen molar-refractivity contribution in [2.45, 2.75) is 26.7 Å². The van der Waals surface area contributed by atoms with Crippen LogP contribution in [-0.2, 0) is 12.8 Å². The van der Waals surface area contributed by atoms with E-state index in [4.69, 9.17) is 0 Å². The second-order valence-electron chi connectivity index (χ2n) is 7.00. The zero-order chi connectivity index (χ0) is 14.2. The third-order valence-corrected chi connectivity index (χ3v) is 5.53. The summed E-state index contributed by atoms with van der Waals surface area (Å²) in [7, 11) is 0. The van der Waals surface area contributed by atoms with Gasteiger partial charge in [0, 0.05) is 5.41 Å². The van der Waals surface area contributed by atoms with Crippen molar-refractivity contribution in [2.75, 3.05) is 0 Å². The molecule has 0 aliphatic heterocycles. The molecule has 0 aromatic heterocycles. The zero-order valence-corrected chi connectivity index (χ0v) is 12.5. The Morgan fingerprint density at radius 1 is 0.667 bits per heavy atom. The normalized spacial score (nSPS) is 20.5. The molecule has 0 saturated carbocycles. The fourth-order valence-electron chi connectivity index (χ4n) is 4.79. The first-order valence-corrected chi connectivity index (χ1v) is 7.82. The molecule has 0 heterocycles. The minimum absolute atomic E-state index is 0.143. The van der Waals surface area contributed by atoms with Crippen molar-refractivity contribution < 1.29 is 0 Å². The lowest BCUT2D eigenvalue weighted by Crippen LogP contribution is -2.13. The predicted octanol–water partition coefficient (Wildman–Crippen LogP) is 5.05. The molecule has 5 rings (SSSR count). The predicted molar refractivity (Wildman–Crippen MR) is 87.9 cm³/mol. The van der Waals surface area contributed by atoms with Crippen molar-refractivity contribution in [3.8, 4) is 0 Å². The van der Waals surface area contributed by atoms with Crippen LogP contribution in [0.4, 0.5) is 0 Å². The molecular weight excluding hydrogens is 252 g/mol. The summed E-state index contributed by atoms with van der Waals surface area (Å²) in [6.07, 6.45) is 2.25. The van der Waals surface area contributed by atoms with E-state index in [1.165, 1.54) is 22.3 Å².